The van der Waals surface area contributed by atoms with Gasteiger partial charge in [0.15, 0.2) is 0 Å². The van der Waals surface area contributed by atoms with Crippen LogP contribution in [0.1, 0.15) is 18.7 Å². The summed E-state index contributed by atoms with van der Waals surface area (Å²) in [6, 6.07) is 8.93. The molecule has 0 saturated heterocycles. The smallest absolute Gasteiger partial charge is 0.207 e. The lowest BCUT2D eigenvalue weighted by Crippen LogP contribution is -2.36. The minimum atomic E-state index is -3.57. The highest BCUT2D eigenvalue weighted by Crippen LogP contribution is 2.30. The van der Waals surface area contributed by atoms with Crippen molar-refractivity contribution >= 4 is 53.2 Å². The second kappa shape index (κ2) is 6.91. The van der Waals surface area contributed by atoms with Crippen molar-refractivity contribution in [1.82, 2.24) is 4.31 Å². The minimum Gasteiger partial charge on any atom is -0.207 e. The van der Waals surface area contributed by atoms with Crippen LogP contribution >= 0.6 is 43.2 Å². The fraction of sp³-hybridized carbons (Fsp3) is 0.286. The fourth-order valence-electron chi connectivity index (χ4n) is 1.90. The first-order valence-corrected chi connectivity index (χ1v) is 10.2. The van der Waals surface area contributed by atoms with Gasteiger partial charge in [0.25, 0.3) is 0 Å². The minimum absolute atomic E-state index is 0.122. The average molecular weight is 453 g/mol. The van der Waals surface area contributed by atoms with E-state index in [2.05, 4.69) is 31.9 Å². The first-order valence-electron chi connectivity index (χ1n) is 6.31. The lowest BCUT2D eigenvalue weighted by Gasteiger charge is -2.26. The summed E-state index contributed by atoms with van der Waals surface area (Å²) >= 11 is 8.23. The van der Waals surface area contributed by atoms with E-state index in [-0.39, 0.29) is 10.9 Å². The summed E-state index contributed by atoms with van der Waals surface area (Å²) in [4.78, 5) is 1.31. The predicted molar refractivity (Wildman–Crippen MR) is 94.0 cm³/mol. The monoisotopic (exact) mass is 451 g/mol. The molecule has 0 unspecified atom stereocenters. The van der Waals surface area contributed by atoms with Gasteiger partial charge in [-0.3, -0.25) is 0 Å². The molecule has 1 aromatic carbocycles. The first kappa shape index (κ1) is 17.1. The highest BCUT2D eigenvalue weighted by Gasteiger charge is 2.29. The number of hydrogen-bond acceptors (Lipinski definition) is 3. The third-order valence-corrected chi connectivity index (χ3v) is 7.32. The van der Waals surface area contributed by atoms with E-state index in [0.717, 1.165) is 9.35 Å². The molecule has 21 heavy (non-hydrogen) atoms. The number of hydrogen-bond donors (Lipinski definition) is 0. The van der Waals surface area contributed by atoms with Crippen LogP contribution in [-0.2, 0) is 16.6 Å². The third-order valence-electron chi connectivity index (χ3n) is 2.95. The standard InChI is InChI=1S/C14H15Br2NO2S2/c1-10(2)17(9-12-4-3-7-20-12)21(18,19)14-8-11(15)5-6-13(14)16/h3-8,10H,9H2,1-2H3. The van der Waals surface area contributed by atoms with Gasteiger partial charge in [-0.2, -0.15) is 4.31 Å². The normalized spacial score (nSPS) is 12.3. The van der Waals surface area contributed by atoms with Gasteiger partial charge < -0.3 is 0 Å². The molecule has 0 atom stereocenters. The van der Waals surface area contributed by atoms with E-state index in [1.165, 1.54) is 4.31 Å². The lowest BCUT2D eigenvalue weighted by molar-refractivity contribution is 0.350. The van der Waals surface area contributed by atoms with Crippen molar-refractivity contribution in [2.24, 2.45) is 0 Å². The van der Waals surface area contributed by atoms with Crippen molar-refractivity contribution in [2.45, 2.75) is 31.3 Å². The summed E-state index contributed by atoms with van der Waals surface area (Å²) in [6.45, 7) is 4.16. The van der Waals surface area contributed by atoms with Gasteiger partial charge in [-0.25, -0.2) is 8.42 Å². The SMILES string of the molecule is CC(C)N(Cc1cccs1)S(=O)(=O)c1cc(Br)ccc1Br. The van der Waals surface area contributed by atoms with Gasteiger partial charge in [-0.05, 0) is 59.4 Å². The third kappa shape index (κ3) is 3.96. The molecule has 0 spiro atoms. The van der Waals surface area contributed by atoms with E-state index in [4.69, 9.17) is 0 Å². The van der Waals surface area contributed by atoms with E-state index in [1.54, 1.807) is 23.5 Å². The summed E-state index contributed by atoms with van der Waals surface area (Å²) < 4.78 is 28.7. The van der Waals surface area contributed by atoms with E-state index in [1.807, 2.05) is 37.4 Å². The van der Waals surface area contributed by atoms with Crippen LogP contribution in [0, 0.1) is 0 Å². The van der Waals surface area contributed by atoms with Crippen LogP contribution in [0.15, 0.2) is 49.6 Å². The topological polar surface area (TPSA) is 37.4 Å². The van der Waals surface area contributed by atoms with Crippen LogP contribution in [-0.4, -0.2) is 18.8 Å². The van der Waals surface area contributed by atoms with E-state index >= 15 is 0 Å². The van der Waals surface area contributed by atoms with Gasteiger partial charge in [-0.1, -0.05) is 22.0 Å². The molecular weight excluding hydrogens is 438 g/mol. The summed E-state index contributed by atoms with van der Waals surface area (Å²) in [5.41, 5.74) is 0. The number of nitrogens with zero attached hydrogens (tertiary/aromatic N) is 1. The van der Waals surface area contributed by atoms with E-state index < -0.39 is 10.0 Å². The van der Waals surface area contributed by atoms with Crippen LogP contribution in [0.25, 0.3) is 0 Å². The molecule has 114 valence electrons. The van der Waals surface area contributed by atoms with Crippen molar-refractivity contribution in [3.05, 3.63) is 49.5 Å². The maximum absolute atomic E-state index is 13.0. The van der Waals surface area contributed by atoms with Crippen molar-refractivity contribution < 1.29 is 8.42 Å². The Morgan fingerprint density at radius 2 is 1.95 bits per heavy atom. The molecule has 0 saturated carbocycles. The molecule has 7 heteroatoms. The number of thiophene rings is 1. The number of sulfonamides is 1. The van der Waals surface area contributed by atoms with Crippen LogP contribution in [0.4, 0.5) is 0 Å². The quantitative estimate of drug-likeness (QED) is 0.648. The van der Waals surface area contributed by atoms with Gasteiger partial charge >= 0.3 is 0 Å². The molecule has 0 aliphatic rings. The Morgan fingerprint density at radius 3 is 2.52 bits per heavy atom. The number of rotatable bonds is 5. The predicted octanol–water partition coefficient (Wildman–Crippen LogP) is 4.87. The highest BCUT2D eigenvalue weighted by atomic mass is 79.9. The molecule has 0 N–H and O–H groups in total. The van der Waals surface area contributed by atoms with Crippen LogP contribution < -0.4 is 0 Å². The Bertz CT molecular complexity index is 713. The second-order valence-electron chi connectivity index (χ2n) is 4.80. The summed E-state index contributed by atoms with van der Waals surface area (Å²) in [5, 5.41) is 1.95. The summed E-state index contributed by atoms with van der Waals surface area (Å²) in [7, 11) is -3.57. The molecule has 0 aliphatic heterocycles. The first-order chi connectivity index (χ1) is 9.82. The Balaban J connectivity index is 2.45. The zero-order valence-electron chi connectivity index (χ0n) is 11.6. The molecule has 1 heterocycles. The molecule has 0 amide bonds. The molecule has 0 aliphatic carbocycles. The largest absolute Gasteiger partial charge is 0.244 e. The highest BCUT2D eigenvalue weighted by molar-refractivity contribution is 9.11. The van der Waals surface area contributed by atoms with Crippen molar-refractivity contribution in [1.29, 1.82) is 0 Å². The Hall–Kier alpha value is -0.210. The maximum atomic E-state index is 13.0. The van der Waals surface area contributed by atoms with Gasteiger partial charge in [0.05, 0.1) is 4.90 Å². The summed E-state index contributed by atoms with van der Waals surface area (Å²) in [5.74, 6) is 0. The van der Waals surface area contributed by atoms with Gasteiger partial charge in [0.1, 0.15) is 0 Å². The lowest BCUT2D eigenvalue weighted by atomic mass is 10.4. The molecule has 3 nitrogen and oxygen atoms in total. The number of benzene rings is 1. The molecule has 0 radical (unpaired) electrons. The zero-order chi connectivity index (χ0) is 15.6. The molecule has 2 rings (SSSR count). The van der Waals surface area contributed by atoms with Gasteiger partial charge in [0.2, 0.25) is 10.0 Å². The van der Waals surface area contributed by atoms with Crippen LogP contribution in [0.2, 0.25) is 0 Å². The second-order valence-corrected chi connectivity index (χ2v) is 9.46. The van der Waals surface area contributed by atoms with E-state index in [0.29, 0.717) is 11.0 Å². The molecule has 0 bridgehead atoms. The molecule has 0 fully saturated rings. The Morgan fingerprint density at radius 1 is 1.24 bits per heavy atom. The van der Waals surface area contributed by atoms with Crippen molar-refractivity contribution in [3.63, 3.8) is 0 Å². The summed E-state index contributed by atoms with van der Waals surface area (Å²) in [6.07, 6.45) is 0. The Kier molecular flexibility index (Phi) is 5.65. The molecule has 1 aromatic heterocycles. The maximum Gasteiger partial charge on any atom is 0.244 e. The van der Waals surface area contributed by atoms with Crippen molar-refractivity contribution in [2.75, 3.05) is 0 Å². The zero-order valence-corrected chi connectivity index (χ0v) is 16.4. The fourth-order valence-corrected chi connectivity index (χ4v) is 5.77. The van der Waals surface area contributed by atoms with Gasteiger partial charge in [0, 0.05) is 26.4 Å². The van der Waals surface area contributed by atoms with Crippen LogP contribution in [0.3, 0.4) is 0 Å². The average Bonchev–Trinajstić information content (AvgIpc) is 2.91. The Labute approximate surface area is 146 Å². The number of halogens is 2. The molecule has 2 aromatic rings. The molecular formula is C14H15Br2NO2S2. The van der Waals surface area contributed by atoms with E-state index in [9.17, 15) is 8.42 Å². The van der Waals surface area contributed by atoms with Crippen molar-refractivity contribution in [3.8, 4) is 0 Å². The van der Waals surface area contributed by atoms with Crippen LogP contribution in [0.5, 0.6) is 0 Å². The van der Waals surface area contributed by atoms with Gasteiger partial charge in [-0.15, -0.1) is 11.3 Å².